The van der Waals surface area contributed by atoms with Gasteiger partial charge in [-0.3, -0.25) is 4.79 Å². The summed E-state index contributed by atoms with van der Waals surface area (Å²) in [7, 11) is 0. The Hall–Kier alpha value is -5.04. The molecule has 166 valence electrons. The topological polar surface area (TPSA) is 165 Å². The van der Waals surface area contributed by atoms with E-state index in [1.807, 2.05) is 25.1 Å². The van der Waals surface area contributed by atoms with Crippen LogP contribution in [0, 0.1) is 18.3 Å². The van der Waals surface area contributed by atoms with E-state index < -0.39 is 5.91 Å². The monoisotopic (exact) mass is 449 g/mol. The molecule has 34 heavy (non-hydrogen) atoms. The van der Waals surface area contributed by atoms with Crippen molar-refractivity contribution in [3.63, 3.8) is 0 Å². The van der Waals surface area contributed by atoms with Crippen LogP contribution in [0.25, 0.3) is 33.5 Å². The summed E-state index contributed by atoms with van der Waals surface area (Å²) in [6.45, 7) is 2.15. The van der Waals surface area contributed by atoms with Gasteiger partial charge in [-0.05, 0) is 48.4 Å². The standard InChI is InChI=1S/C24H19N9O/c1-13-14(10-25)3-2-4-15(13)20-9-21(30-24(27)29-20)22-12-33(32-31-22)11-18-16-7-8-28-19(16)6-5-17(18)23(26)34/h2-9,12,28H,11H2,1H3,(H2,26,34)(H2,27,29,30). The van der Waals surface area contributed by atoms with E-state index in [2.05, 4.69) is 31.3 Å². The molecule has 10 nitrogen and oxygen atoms in total. The van der Waals surface area contributed by atoms with Crippen LogP contribution in [0.3, 0.4) is 0 Å². The van der Waals surface area contributed by atoms with Crippen LogP contribution in [0.2, 0.25) is 0 Å². The van der Waals surface area contributed by atoms with Gasteiger partial charge < -0.3 is 16.5 Å². The molecule has 0 spiro atoms. The first-order valence-corrected chi connectivity index (χ1v) is 10.4. The van der Waals surface area contributed by atoms with Gasteiger partial charge in [-0.1, -0.05) is 17.3 Å². The van der Waals surface area contributed by atoms with Crippen molar-refractivity contribution in [3.05, 3.63) is 77.1 Å². The van der Waals surface area contributed by atoms with Crippen molar-refractivity contribution in [1.29, 1.82) is 5.26 Å². The van der Waals surface area contributed by atoms with Gasteiger partial charge in [-0.25, -0.2) is 14.6 Å². The van der Waals surface area contributed by atoms with E-state index in [0.29, 0.717) is 28.2 Å². The Balaban J connectivity index is 1.53. The molecule has 0 unspecified atom stereocenters. The van der Waals surface area contributed by atoms with Gasteiger partial charge in [0.15, 0.2) is 0 Å². The average Bonchev–Trinajstić information content (AvgIpc) is 3.48. The number of nitrogens with zero attached hydrogens (tertiary/aromatic N) is 6. The average molecular weight is 449 g/mol. The quantitative estimate of drug-likeness (QED) is 0.371. The number of nitrogens with one attached hydrogen (secondary N) is 1. The maximum atomic E-state index is 12.0. The molecule has 3 aromatic heterocycles. The fourth-order valence-corrected chi connectivity index (χ4v) is 4.02. The highest BCUT2D eigenvalue weighted by Crippen LogP contribution is 2.28. The summed E-state index contributed by atoms with van der Waals surface area (Å²) >= 11 is 0. The molecule has 0 aliphatic carbocycles. The Bertz CT molecular complexity index is 1610. The molecule has 0 aliphatic rings. The Morgan fingerprint density at radius 3 is 2.76 bits per heavy atom. The minimum absolute atomic E-state index is 0.0805. The van der Waals surface area contributed by atoms with Gasteiger partial charge in [0.1, 0.15) is 5.69 Å². The molecule has 0 atom stereocenters. The van der Waals surface area contributed by atoms with Crippen molar-refractivity contribution in [3.8, 4) is 28.7 Å². The third kappa shape index (κ3) is 3.61. The number of benzene rings is 2. The molecule has 5 aromatic rings. The molecule has 10 heteroatoms. The number of carbonyl (C=O) groups excluding carboxylic acids is 1. The fourth-order valence-electron chi connectivity index (χ4n) is 4.02. The van der Waals surface area contributed by atoms with E-state index in [4.69, 9.17) is 11.5 Å². The number of hydrogen-bond donors (Lipinski definition) is 3. The summed E-state index contributed by atoms with van der Waals surface area (Å²) in [4.78, 5) is 23.8. The summed E-state index contributed by atoms with van der Waals surface area (Å²) in [5.41, 5.74) is 17.4. The van der Waals surface area contributed by atoms with E-state index in [-0.39, 0.29) is 12.5 Å². The third-order valence-electron chi connectivity index (χ3n) is 5.71. The summed E-state index contributed by atoms with van der Waals surface area (Å²) in [6, 6.07) is 14.8. The molecule has 2 aromatic carbocycles. The Labute approximate surface area is 193 Å². The van der Waals surface area contributed by atoms with Crippen LogP contribution < -0.4 is 11.5 Å². The molecule has 0 fully saturated rings. The first kappa shape index (κ1) is 20.8. The molecule has 5 N–H and O–H groups in total. The van der Waals surface area contributed by atoms with Gasteiger partial charge in [0.25, 0.3) is 0 Å². The number of hydrogen-bond acceptors (Lipinski definition) is 7. The van der Waals surface area contributed by atoms with Crippen LogP contribution in [-0.4, -0.2) is 35.9 Å². The summed E-state index contributed by atoms with van der Waals surface area (Å²) in [5.74, 6) is -0.432. The number of aromatic nitrogens is 6. The van der Waals surface area contributed by atoms with Crippen molar-refractivity contribution in [1.82, 2.24) is 29.9 Å². The third-order valence-corrected chi connectivity index (χ3v) is 5.71. The van der Waals surface area contributed by atoms with Gasteiger partial charge in [0, 0.05) is 28.2 Å². The van der Waals surface area contributed by atoms with Crippen molar-refractivity contribution in [2.45, 2.75) is 13.5 Å². The van der Waals surface area contributed by atoms with Crippen LogP contribution in [0.4, 0.5) is 5.95 Å². The highest BCUT2D eigenvalue weighted by atomic mass is 16.1. The van der Waals surface area contributed by atoms with Gasteiger partial charge in [0.2, 0.25) is 11.9 Å². The van der Waals surface area contributed by atoms with E-state index in [9.17, 15) is 10.1 Å². The van der Waals surface area contributed by atoms with Crippen molar-refractivity contribution in [2.24, 2.45) is 5.73 Å². The van der Waals surface area contributed by atoms with E-state index in [0.717, 1.165) is 27.6 Å². The molecule has 0 bridgehead atoms. The number of amides is 1. The second kappa shape index (κ2) is 8.14. The zero-order valence-corrected chi connectivity index (χ0v) is 18.1. The number of nitrogens with two attached hydrogens (primary N) is 2. The number of nitrogen functional groups attached to an aromatic ring is 1. The number of rotatable bonds is 5. The molecule has 0 radical (unpaired) electrons. The molecular weight excluding hydrogens is 430 g/mol. The van der Waals surface area contributed by atoms with Crippen molar-refractivity contribution < 1.29 is 4.79 Å². The lowest BCUT2D eigenvalue weighted by atomic mass is 10.00. The minimum atomic E-state index is -0.512. The van der Waals surface area contributed by atoms with Crippen LogP contribution in [0.5, 0.6) is 0 Å². The maximum Gasteiger partial charge on any atom is 0.249 e. The first-order chi connectivity index (χ1) is 16.4. The van der Waals surface area contributed by atoms with E-state index >= 15 is 0 Å². The molecule has 1 amide bonds. The van der Waals surface area contributed by atoms with Crippen molar-refractivity contribution >= 4 is 22.8 Å². The van der Waals surface area contributed by atoms with E-state index in [1.165, 1.54) is 0 Å². The van der Waals surface area contributed by atoms with Crippen LogP contribution in [-0.2, 0) is 6.54 Å². The number of carbonyl (C=O) groups is 1. The maximum absolute atomic E-state index is 12.0. The SMILES string of the molecule is Cc1c(C#N)cccc1-c1cc(-c2cn(Cc3c(C(N)=O)ccc4[nH]ccc34)nn2)nc(N)n1. The first-order valence-electron chi connectivity index (χ1n) is 10.4. The van der Waals surface area contributed by atoms with E-state index in [1.54, 1.807) is 41.3 Å². The number of fused-ring (bicyclic) bond motifs is 1. The zero-order valence-electron chi connectivity index (χ0n) is 18.1. The summed E-state index contributed by atoms with van der Waals surface area (Å²) < 4.78 is 1.61. The minimum Gasteiger partial charge on any atom is -0.368 e. The smallest absolute Gasteiger partial charge is 0.249 e. The number of aromatic amines is 1. The number of primary amides is 1. The Morgan fingerprint density at radius 2 is 1.97 bits per heavy atom. The predicted octanol–water partition coefficient (Wildman–Crippen LogP) is 2.79. The Morgan fingerprint density at radius 1 is 1.15 bits per heavy atom. The van der Waals surface area contributed by atoms with Crippen LogP contribution in [0.15, 0.2) is 54.9 Å². The largest absolute Gasteiger partial charge is 0.368 e. The molecular formula is C24H19N9O. The zero-order chi connectivity index (χ0) is 23.8. The molecule has 3 heterocycles. The summed E-state index contributed by atoms with van der Waals surface area (Å²) in [5, 5.41) is 18.7. The van der Waals surface area contributed by atoms with Gasteiger partial charge in [-0.2, -0.15) is 5.26 Å². The highest BCUT2D eigenvalue weighted by molar-refractivity contribution is 6.00. The highest BCUT2D eigenvalue weighted by Gasteiger charge is 2.16. The van der Waals surface area contributed by atoms with Crippen LogP contribution >= 0.6 is 0 Å². The summed E-state index contributed by atoms with van der Waals surface area (Å²) in [6.07, 6.45) is 3.53. The predicted molar refractivity (Wildman–Crippen MR) is 126 cm³/mol. The lowest BCUT2D eigenvalue weighted by Crippen LogP contribution is -2.15. The van der Waals surface area contributed by atoms with Gasteiger partial charge >= 0.3 is 0 Å². The number of H-pyrrole nitrogens is 1. The number of nitriles is 1. The van der Waals surface area contributed by atoms with Gasteiger partial charge in [0.05, 0.1) is 35.8 Å². The number of anilines is 1. The second-order valence-electron chi connectivity index (χ2n) is 7.78. The molecule has 5 rings (SSSR count). The normalized spacial score (nSPS) is 10.9. The van der Waals surface area contributed by atoms with Gasteiger partial charge in [-0.15, -0.1) is 5.10 Å². The molecule has 0 aliphatic heterocycles. The lowest BCUT2D eigenvalue weighted by molar-refractivity contribution is 0.0999. The Kier molecular flexibility index (Phi) is 4.99. The molecule has 0 saturated heterocycles. The fraction of sp³-hybridized carbons (Fsp3) is 0.0833. The molecule has 0 saturated carbocycles. The van der Waals surface area contributed by atoms with Crippen LogP contribution in [0.1, 0.15) is 27.0 Å². The second-order valence-corrected chi connectivity index (χ2v) is 7.78. The lowest BCUT2D eigenvalue weighted by Gasteiger charge is -2.09. The van der Waals surface area contributed by atoms with Crippen molar-refractivity contribution in [2.75, 3.05) is 5.73 Å².